The monoisotopic (exact) mass is 292 g/mol. The number of benzene rings is 1. The molecule has 0 bridgehead atoms. The van der Waals surface area contributed by atoms with E-state index in [1.54, 1.807) is 0 Å². The van der Waals surface area contributed by atoms with Gasteiger partial charge in [-0.1, -0.05) is 37.6 Å². The molecule has 0 saturated heterocycles. The second kappa shape index (κ2) is 8.52. The van der Waals surface area contributed by atoms with Gasteiger partial charge in [0.15, 0.2) is 0 Å². The molecule has 3 heteroatoms. The summed E-state index contributed by atoms with van der Waals surface area (Å²) in [5.41, 5.74) is 1.97. The van der Waals surface area contributed by atoms with Crippen molar-refractivity contribution >= 4 is 0 Å². The van der Waals surface area contributed by atoms with Gasteiger partial charge in [0.25, 0.3) is 0 Å². The van der Waals surface area contributed by atoms with E-state index < -0.39 is 5.60 Å². The van der Waals surface area contributed by atoms with Crippen molar-refractivity contribution in [2.75, 3.05) is 27.2 Å². The Morgan fingerprint density at radius 2 is 1.86 bits per heavy atom. The highest BCUT2D eigenvalue weighted by atomic mass is 16.3. The molecular weight excluding hydrogens is 260 g/mol. The maximum Gasteiger partial charge on any atom is 0.0869 e. The van der Waals surface area contributed by atoms with Gasteiger partial charge < -0.3 is 15.3 Å². The van der Waals surface area contributed by atoms with Crippen molar-refractivity contribution in [1.82, 2.24) is 10.2 Å². The van der Waals surface area contributed by atoms with Crippen molar-refractivity contribution in [3.8, 4) is 0 Å². The van der Waals surface area contributed by atoms with Crippen LogP contribution in [0.1, 0.15) is 50.8 Å². The second-order valence-electron chi connectivity index (χ2n) is 6.68. The molecule has 1 aromatic carbocycles. The van der Waals surface area contributed by atoms with E-state index in [0.29, 0.717) is 13.1 Å². The number of hydrogen-bond acceptors (Lipinski definition) is 3. The van der Waals surface area contributed by atoms with Crippen LogP contribution < -0.4 is 5.32 Å². The van der Waals surface area contributed by atoms with Gasteiger partial charge >= 0.3 is 0 Å². The number of hydrogen-bond donors (Lipinski definition) is 2. The van der Waals surface area contributed by atoms with Gasteiger partial charge in [-0.25, -0.2) is 0 Å². The fourth-order valence-corrected chi connectivity index (χ4v) is 2.58. The SMILES string of the molecule is CCCCc1ccc(C(C)NCC(C)(O)CN(C)C)cc1. The van der Waals surface area contributed by atoms with Crippen molar-refractivity contribution in [3.63, 3.8) is 0 Å². The summed E-state index contributed by atoms with van der Waals surface area (Å²) in [6.07, 6.45) is 3.65. The predicted molar refractivity (Wildman–Crippen MR) is 90.6 cm³/mol. The van der Waals surface area contributed by atoms with Gasteiger partial charge in [-0.3, -0.25) is 0 Å². The zero-order valence-corrected chi connectivity index (χ0v) is 14.3. The molecule has 0 amide bonds. The van der Waals surface area contributed by atoms with E-state index >= 15 is 0 Å². The normalized spacial score (nSPS) is 16.0. The van der Waals surface area contributed by atoms with E-state index in [1.165, 1.54) is 24.0 Å². The van der Waals surface area contributed by atoms with Gasteiger partial charge in [0.05, 0.1) is 5.60 Å². The van der Waals surface area contributed by atoms with E-state index in [1.807, 2.05) is 25.9 Å². The van der Waals surface area contributed by atoms with Crippen LogP contribution in [0, 0.1) is 0 Å². The first-order chi connectivity index (χ1) is 9.84. The number of nitrogens with one attached hydrogen (secondary N) is 1. The second-order valence-corrected chi connectivity index (χ2v) is 6.68. The fraction of sp³-hybridized carbons (Fsp3) is 0.667. The molecular formula is C18H32N2O. The Bertz CT molecular complexity index is 398. The molecule has 120 valence electrons. The summed E-state index contributed by atoms with van der Waals surface area (Å²) in [7, 11) is 3.96. The predicted octanol–water partition coefficient (Wildman–Crippen LogP) is 2.99. The highest BCUT2D eigenvalue weighted by Crippen LogP contribution is 2.15. The molecule has 0 fully saturated rings. The summed E-state index contributed by atoms with van der Waals surface area (Å²) in [4.78, 5) is 2.01. The summed E-state index contributed by atoms with van der Waals surface area (Å²) in [6.45, 7) is 7.49. The zero-order chi connectivity index (χ0) is 15.9. The minimum Gasteiger partial charge on any atom is -0.388 e. The van der Waals surface area contributed by atoms with Crippen LogP contribution >= 0.6 is 0 Å². The van der Waals surface area contributed by atoms with Crippen LogP contribution in [0.2, 0.25) is 0 Å². The topological polar surface area (TPSA) is 35.5 Å². The summed E-state index contributed by atoms with van der Waals surface area (Å²) in [5, 5.41) is 13.7. The highest BCUT2D eigenvalue weighted by molar-refractivity contribution is 5.24. The first-order valence-electron chi connectivity index (χ1n) is 8.03. The Labute approximate surface area is 130 Å². The van der Waals surface area contributed by atoms with Gasteiger partial charge in [0.2, 0.25) is 0 Å². The van der Waals surface area contributed by atoms with Gasteiger partial charge in [-0.2, -0.15) is 0 Å². The highest BCUT2D eigenvalue weighted by Gasteiger charge is 2.21. The number of rotatable bonds is 9. The molecule has 2 N–H and O–H groups in total. The third kappa shape index (κ3) is 7.07. The summed E-state index contributed by atoms with van der Waals surface area (Å²) < 4.78 is 0. The lowest BCUT2D eigenvalue weighted by atomic mass is 10.0. The smallest absolute Gasteiger partial charge is 0.0869 e. The molecule has 0 aliphatic rings. The molecule has 21 heavy (non-hydrogen) atoms. The summed E-state index contributed by atoms with van der Waals surface area (Å²) in [6, 6.07) is 9.09. The fourth-order valence-electron chi connectivity index (χ4n) is 2.58. The lowest BCUT2D eigenvalue weighted by molar-refractivity contribution is 0.0317. The van der Waals surface area contributed by atoms with Gasteiger partial charge in [-0.05, 0) is 51.9 Å². The number of likely N-dealkylation sites (N-methyl/N-ethyl adjacent to an activating group) is 1. The van der Waals surface area contributed by atoms with Crippen molar-refractivity contribution < 1.29 is 5.11 Å². The van der Waals surface area contributed by atoms with Crippen LogP contribution in [0.15, 0.2) is 24.3 Å². The Morgan fingerprint density at radius 1 is 1.24 bits per heavy atom. The maximum atomic E-state index is 10.3. The van der Waals surface area contributed by atoms with Gasteiger partial charge in [0.1, 0.15) is 0 Å². The van der Waals surface area contributed by atoms with Crippen LogP contribution in [0.5, 0.6) is 0 Å². The van der Waals surface area contributed by atoms with Crippen molar-refractivity contribution in [2.45, 2.75) is 51.7 Å². The standard InChI is InChI=1S/C18H32N2O/c1-6-7-8-16-9-11-17(12-10-16)15(2)19-13-18(3,21)14-20(4)5/h9-12,15,19,21H,6-8,13-14H2,1-5H3. The summed E-state index contributed by atoms with van der Waals surface area (Å²) >= 11 is 0. The Hall–Kier alpha value is -0.900. The molecule has 2 unspecified atom stereocenters. The van der Waals surface area contributed by atoms with Crippen molar-refractivity contribution in [1.29, 1.82) is 0 Å². The zero-order valence-electron chi connectivity index (χ0n) is 14.3. The molecule has 3 nitrogen and oxygen atoms in total. The number of aliphatic hydroxyl groups is 1. The molecule has 0 spiro atoms. The third-order valence-corrected chi connectivity index (χ3v) is 3.74. The van der Waals surface area contributed by atoms with Crippen LogP contribution in [-0.4, -0.2) is 42.8 Å². The van der Waals surface area contributed by atoms with Crippen molar-refractivity contribution in [2.24, 2.45) is 0 Å². The van der Waals surface area contributed by atoms with Crippen LogP contribution in [0.25, 0.3) is 0 Å². The molecule has 1 rings (SSSR count). The largest absolute Gasteiger partial charge is 0.388 e. The number of nitrogens with zero attached hydrogens (tertiary/aromatic N) is 1. The minimum atomic E-state index is -0.709. The lowest BCUT2D eigenvalue weighted by Crippen LogP contribution is -2.46. The van der Waals surface area contributed by atoms with E-state index in [0.717, 1.165) is 6.42 Å². The quantitative estimate of drug-likeness (QED) is 0.734. The van der Waals surface area contributed by atoms with E-state index in [-0.39, 0.29) is 6.04 Å². The molecule has 0 saturated carbocycles. The molecule has 0 aliphatic heterocycles. The van der Waals surface area contributed by atoms with E-state index in [9.17, 15) is 5.11 Å². The summed E-state index contributed by atoms with van der Waals surface area (Å²) in [5.74, 6) is 0. The Morgan fingerprint density at radius 3 is 2.38 bits per heavy atom. The van der Waals surface area contributed by atoms with Crippen molar-refractivity contribution in [3.05, 3.63) is 35.4 Å². The van der Waals surface area contributed by atoms with Gasteiger partial charge in [0, 0.05) is 19.1 Å². The molecule has 0 radical (unpaired) electrons. The molecule has 1 aromatic rings. The minimum absolute atomic E-state index is 0.249. The van der Waals surface area contributed by atoms with Crippen LogP contribution in [0.4, 0.5) is 0 Å². The molecule has 0 aliphatic carbocycles. The Kier molecular flexibility index (Phi) is 7.36. The van der Waals surface area contributed by atoms with Gasteiger partial charge in [-0.15, -0.1) is 0 Å². The van der Waals surface area contributed by atoms with E-state index in [2.05, 4.69) is 43.4 Å². The number of unbranched alkanes of at least 4 members (excludes halogenated alkanes) is 1. The van der Waals surface area contributed by atoms with E-state index in [4.69, 9.17) is 0 Å². The van der Waals surface area contributed by atoms with Crippen LogP contribution in [0.3, 0.4) is 0 Å². The number of aryl methyl sites for hydroxylation is 1. The average molecular weight is 292 g/mol. The maximum absolute atomic E-state index is 10.3. The van der Waals surface area contributed by atoms with Crippen LogP contribution in [-0.2, 0) is 6.42 Å². The molecule has 0 heterocycles. The lowest BCUT2D eigenvalue weighted by Gasteiger charge is -2.29. The molecule has 2 atom stereocenters. The average Bonchev–Trinajstić information content (AvgIpc) is 2.42. The first-order valence-corrected chi connectivity index (χ1v) is 8.03. The Balaban J connectivity index is 2.49. The first kappa shape index (κ1) is 18.1. The third-order valence-electron chi connectivity index (χ3n) is 3.74. The molecule has 0 aromatic heterocycles.